The van der Waals surface area contributed by atoms with Crippen LogP contribution in [0.4, 0.5) is 17.1 Å². The maximum Gasteiger partial charge on any atom is 0.144 e. The van der Waals surface area contributed by atoms with E-state index in [0.29, 0.717) is 0 Å². The summed E-state index contributed by atoms with van der Waals surface area (Å²) in [5, 5.41) is 6.06. The molecule has 0 fully saturated rings. The minimum Gasteiger partial charge on any atom is -0.456 e. The van der Waals surface area contributed by atoms with Crippen LogP contribution in [0.2, 0.25) is 0 Å². The Labute approximate surface area is 408 Å². The van der Waals surface area contributed by atoms with Crippen molar-refractivity contribution < 1.29 is 13.3 Å². The van der Waals surface area contributed by atoms with E-state index in [1.165, 1.54) is 33.4 Å². The van der Waals surface area contributed by atoms with E-state index in [1.54, 1.807) is 0 Å². The fraction of sp³-hybridized carbons (Fsp3) is 0.0149. The summed E-state index contributed by atoms with van der Waals surface area (Å²) in [6, 6.07) is 89.2. The van der Waals surface area contributed by atoms with Gasteiger partial charge in [-0.05, 0) is 87.5 Å². The Morgan fingerprint density at radius 3 is 1.66 bits per heavy atom. The second-order valence-electron chi connectivity index (χ2n) is 18.6. The Morgan fingerprint density at radius 1 is 0.310 bits per heavy atom. The van der Waals surface area contributed by atoms with Gasteiger partial charge in [-0.2, -0.15) is 0 Å². The molecule has 0 radical (unpaired) electrons. The number of hydrogen-bond acceptors (Lipinski definition) is 4. The fourth-order valence-corrected chi connectivity index (χ4v) is 12.0. The smallest absolute Gasteiger partial charge is 0.144 e. The third-order valence-corrected chi connectivity index (χ3v) is 14.9. The van der Waals surface area contributed by atoms with E-state index >= 15 is 0 Å². The minimum absolute atomic E-state index is 0.594. The number of fused-ring (bicyclic) bond motifs is 12. The largest absolute Gasteiger partial charge is 0.456 e. The normalized spacial score (nSPS) is 12.9. The standard InChI is InChI=1S/C67H41NO3/c1-4-20-42(21-5-1)46-26-11-15-33-56(46)68(45-38-39-48-47-27-10-14-32-54(47)67(55(48)40-45,43-22-6-2-7-23-43)44-24-8-3-9-25-44)57-34-19-37-60-62(57)53-41-61-63(51-29-13-17-36-59(51)69-61)64(66(53)71-60)52-31-18-30-50-49-28-12-16-35-58(49)70-65(50)52/h1-41H. The lowest BCUT2D eigenvalue weighted by atomic mass is 9.67. The number of para-hydroxylation sites is 4. The van der Waals surface area contributed by atoms with Crippen molar-refractivity contribution in [1.82, 2.24) is 0 Å². The van der Waals surface area contributed by atoms with Crippen LogP contribution in [0, 0.1) is 0 Å². The molecule has 0 aliphatic heterocycles. The lowest BCUT2D eigenvalue weighted by Crippen LogP contribution is -2.28. The van der Waals surface area contributed by atoms with Crippen LogP contribution in [0.1, 0.15) is 22.3 Å². The summed E-state index contributed by atoms with van der Waals surface area (Å²) in [7, 11) is 0. The van der Waals surface area contributed by atoms with E-state index in [1.807, 2.05) is 24.3 Å². The Hall–Kier alpha value is -9.38. The maximum atomic E-state index is 7.32. The molecule has 332 valence electrons. The van der Waals surface area contributed by atoms with Gasteiger partial charge in [0, 0.05) is 49.3 Å². The van der Waals surface area contributed by atoms with E-state index in [2.05, 4.69) is 229 Å². The zero-order chi connectivity index (χ0) is 46.6. The van der Waals surface area contributed by atoms with Crippen molar-refractivity contribution in [1.29, 1.82) is 0 Å². The Bertz CT molecular complexity index is 4370. The van der Waals surface area contributed by atoms with E-state index in [-0.39, 0.29) is 0 Å². The SMILES string of the molecule is c1ccc(-c2ccccc2N(c2ccc3c(c2)C(c2ccccc2)(c2ccccc2)c2ccccc2-3)c2cccc3oc4c(-c5cccc6c5oc5ccccc56)c5c(cc4c23)oc2ccccc25)cc1. The third-order valence-electron chi connectivity index (χ3n) is 14.9. The first-order chi connectivity index (χ1) is 35.2. The van der Waals surface area contributed by atoms with Crippen molar-refractivity contribution in [2.75, 3.05) is 4.90 Å². The van der Waals surface area contributed by atoms with Crippen LogP contribution in [0.15, 0.2) is 262 Å². The highest BCUT2D eigenvalue weighted by atomic mass is 16.3. The van der Waals surface area contributed by atoms with Crippen molar-refractivity contribution in [2.24, 2.45) is 0 Å². The first-order valence-corrected chi connectivity index (χ1v) is 24.2. The van der Waals surface area contributed by atoms with Crippen LogP contribution in [-0.2, 0) is 5.41 Å². The average molecular weight is 908 g/mol. The molecular formula is C67H41NO3. The van der Waals surface area contributed by atoms with Gasteiger partial charge in [0.25, 0.3) is 0 Å². The monoisotopic (exact) mass is 907 g/mol. The molecule has 15 rings (SSSR count). The Balaban J connectivity index is 1.06. The predicted molar refractivity (Wildman–Crippen MR) is 291 cm³/mol. The summed E-state index contributed by atoms with van der Waals surface area (Å²) >= 11 is 0. The van der Waals surface area contributed by atoms with Gasteiger partial charge in [-0.1, -0.05) is 200 Å². The minimum atomic E-state index is -0.594. The first-order valence-electron chi connectivity index (χ1n) is 24.2. The first kappa shape index (κ1) is 39.6. The van der Waals surface area contributed by atoms with Gasteiger partial charge < -0.3 is 18.2 Å². The van der Waals surface area contributed by atoms with Crippen molar-refractivity contribution in [2.45, 2.75) is 5.41 Å². The molecule has 0 atom stereocenters. The topological polar surface area (TPSA) is 42.7 Å². The van der Waals surface area contributed by atoms with Gasteiger partial charge in [-0.3, -0.25) is 0 Å². The van der Waals surface area contributed by atoms with Gasteiger partial charge in [-0.15, -0.1) is 0 Å². The van der Waals surface area contributed by atoms with Crippen LogP contribution < -0.4 is 4.90 Å². The number of anilines is 3. The van der Waals surface area contributed by atoms with Crippen LogP contribution in [-0.4, -0.2) is 0 Å². The molecule has 0 N–H and O–H groups in total. The van der Waals surface area contributed by atoms with Gasteiger partial charge in [0.1, 0.15) is 33.5 Å². The van der Waals surface area contributed by atoms with Gasteiger partial charge >= 0.3 is 0 Å². The van der Waals surface area contributed by atoms with Crippen molar-refractivity contribution in [3.8, 4) is 33.4 Å². The lowest BCUT2D eigenvalue weighted by molar-refractivity contribution is 0.662. The molecule has 3 heterocycles. The van der Waals surface area contributed by atoms with Crippen molar-refractivity contribution in [3.05, 3.63) is 271 Å². The summed E-state index contributed by atoms with van der Waals surface area (Å²) < 4.78 is 21.0. The third kappa shape index (κ3) is 5.67. The molecule has 0 bridgehead atoms. The molecule has 0 saturated carbocycles. The molecule has 0 amide bonds. The predicted octanol–water partition coefficient (Wildman–Crippen LogP) is 18.6. The van der Waals surface area contributed by atoms with Gasteiger partial charge in [-0.25, -0.2) is 0 Å². The van der Waals surface area contributed by atoms with Crippen molar-refractivity contribution >= 4 is 82.9 Å². The summed E-state index contributed by atoms with van der Waals surface area (Å²) in [6.07, 6.45) is 0. The van der Waals surface area contributed by atoms with Crippen LogP contribution in [0.5, 0.6) is 0 Å². The second kappa shape index (κ2) is 15.3. The number of furan rings is 3. The summed E-state index contributed by atoms with van der Waals surface area (Å²) in [5.41, 5.74) is 18.7. The molecule has 4 heteroatoms. The highest BCUT2D eigenvalue weighted by Crippen LogP contribution is 2.58. The van der Waals surface area contributed by atoms with Crippen LogP contribution in [0.25, 0.3) is 99.2 Å². The molecular weight excluding hydrogens is 867 g/mol. The molecule has 0 unspecified atom stereocenters. The van der Waals surface area contributed by atoms with E-state index < -0.39 is 5.41 Å². The van der Waals surface area contributed by atoms with E-state index in [9.17, 15) is 0 Å². The Kier molecular flexibility index (Phi) is 8.54. The van der Waals surface area contributed by atoms with Gasteiger partial charge in [0.15, 0.2) is 0 Å². The molecule has 0 spiro atoms. The Morgan fingerprint density at radius 2 is 0.873 bits per heavy atom. The highest BCUT2D eigenvalue weighted by Gasteiger charge is 2.46. The number of benzene rings is 11. The summed E-state index contributed by atoms with van der Waals surface area (Å²) in [4.78, 5) is 2.45. The molecule has 0 saturated heterocycles. The molecule has 1 aliphatic rings. The zero-order valence-corrected chi connectivity index (χ0v) is 38.3. The zero-order valence-electron chi connectivity index (χ0n) is 38.3. The molecule has 14 aromatic rings. The van der Waals surface area contributed by atoms with E-state index in [0.717, 1.165) is 105 Å². The molecule has 3 aromatic heterocycles. The molecule has 1 aliphatic carbocycles. The van der Waals surface area contributed by atoms with E-state index in [4.69, 9.17) is 13.3 Å². The highest BCUT2D eigenvalue weighted by molar-refractivity contribution is 6.27. The lowest BCUT2D eigenvalue weighted by Gasteiger charge is -2.35. The number of nitrogens with zero attached hydrogens (tertiary/aromatic N) is 1. The average Bonchev–Trinajstić information content (AvgIpc) is 4.20. The molecule has 4 nitrogen and oxygen atoms in total. The summed E-state index contributed by atoms with van der Waals surface area (Å²) in [6.45, 7) is 0. The van der Waals surface area contributed by atoms with Gasteiger partial charge in [0.05, 0.1) is 22.2 Å². The quantitative estimate of drug-likeness (QED) is 0.160. The second-order valence-corrected chi connectivity index (χ2v) is 18.6. The van der Waals surface area contributed by atoms with Crippen molar-refractivity contribution in [3.63, 3.8) is 0 Å². The summed E-state index contributed by atoms with van der Waals surface area (Å²) in [5.74, 6) is 0. The number of rotatable bonds is 7. The van der Waals surface area contributed by atoms with Crippen LogP contribution >= 0.6 is 0 Å². The maximum absolute atomic E-state index is 7.32. The van der Waals surface area contributed by atoms with Crippen LogP contribution in [0.3, 0.4) is 0 Å². The number of hydrogen-bond donors (Lipinski definition) is 0. The molecule has 11 aromatic carbocycles. The fourth-order valence-electron chi connectivity index (χ4n) is 12.0. The van der Waals surface area contributed by atoms with Gasteiger partial charge in [0.2, 0.25) is 0 Å². The molecule has 71 heavy (non-hydrogen) atoms.